The average molecular weight is 505 g/mol. The summed E-state index contributed by atoms with van der Waals surface area (Å²) >= 11 is 0. The zero-order chi connectivity index (χ0) is 26.7. The van der Waals surface area contributed by atoms with Crippen molar-refractivity contribution in [2.75, 3.05) is 18.0 Å². The number of para-hydroxylation sites is 1. The van der Waals surface area contributed by atoms with Gasteiger partial charge in [0.2, 0.25) is 0 Å². The molecule has 1 N–H and O–H groups in total. The summed E-state index contributed by atoms with van der Waals surface area (Å²) in [5, 5.41) is 23.3. The van der Waals surface area contributed by atoms with Gasteiger partial charge in [0, 0.05) is 31.7 Å². The summed E-state index contributed by atoms with van der Waals surface area (Å²) in [5.74, 6) is 1.59. The zero-order valence-corrected chi connectivity index (χ0v) is 21.5. The van der Waals surface area contributed by atoms with Gasteiger partial charge in [0.1, 0.15) is 17.4 Å². The Morgan fingerprint density at radius 3 is 2.45 bits per heavy atom. The molecule has 1 unspecified atom stereocenters. The summed E-state index contributed by atoms with van der Waals surface area (Å²) in [7, 11) is 1.82. The topological polar surface area (TPSA) is 100 Å². The molecule has 3 heterocycles. The standard InChI is InChI=1S/C30H28N6O2/c1-4-36(5-2)29-28(38-22-11-7-6-8-12-22)24(18-31)23-17-21(14-15-25(23)34-29)30(37,26-13-9-10-16-33-26)27-19-32-20-35(27)3/h6-17,19-20,37H,4-5H2,1-3H3. The molecule has 0 amide bonds. The minimum absolute atomic E-state index is 0.344. The van der Waals surface area contributed by atoms with Crippen LogP contribution < -0.4 is 9.64 Å². The molecule has 5 aromatic rings. The number of hydrogen-bond acceptors (Lipinski definition) is 7. The van der Waals surface area contributed by atoms with E-state index in [1.54, 1.807) is 41.5 Å². The molecule has 0 radical (unpaired) electrons. The smallest absolute Gasteiger partial charge is 0.188 e. The lowest BCUT2D eigenvalue weighted by atomic mass is 9.85. The molecule has 1 atom stereocenters. The van der Waals surface area contributed by atoms with E-state index in [0.29, 0.717) is 63.8 Å². The Labute approximate surface area is 221 Å². The first-order valence-corrected chi connectivity index (χ1v) is 12.5. The van der Waals surface area contributed by atoms with E-state index in [4.69, 9.17) is 9.72 Å². The van der Waals surface area contributed by atoms with Gasteiger partial charge in [-0.15, -0.1) is 0 Å². The summed E-state index contributed by atoms with van der Waals surface area (Å²) in [6.45, 7) is 5.47. The number of aryl methyl sites for hydroxylation is 1. The van der Waals surface area contributed by atoms with Crippen LogP contribution in [-0.4, -0.2) is 37.7 Å². The van der Waals surface area contributed by atoms with Gasteiger partial charge in [-0.3, -0.25) is 4.98 Å². The second kappa shape index (κ2) is 10.3. The summed E-state index contributed by atoms with van der Waals surface area (Å²) < 4.78 is 8.07. The number of benzene rings is 2. The molecule has 5 rings (SSSR count). The molecule has 8 nitrogen and oxygen atoms in total. The first-order valence-electron chi connectivity index (χ1n) is 12.5. The second-order valence-corrected chi connectivity index (χ2v) is 8.89. The minimum Gasteiger partial charge on any atom is -0.452 e. The van der Waals surface area contributed by atoms with Crippen molar-refractivity contribution in [2.24, 2.45) is 7.05 Å². The summed E-state index contributed by atoms with van der Waals surface area (Å²) in [5.41, 5.74) is 0.868. The molecule has 38 heavy (non-hydrogen) atoms. The third kappa shape index (κ3) is 4.23. The first kappa shape index (κ1) is 24.9. The molecule has 2 aromatic carbocycles. The predicted molar refractivity (Wildman–Crippen MR) is 146 cm³/mol. The van der Waals surface area contributed by atoms with Crippen LogP contribution >= 0.6 is 0 Å². The lowest BCUT2D eigenvalue weighted by molar-refractivity contribution is 0.113. The Kier molecular flexibility index (Phi) is 6.77. The van der Waals surface area contributed by atoms with Crippen molar-refractivity contribution >= 4 is 16.7 Å². The van der Waals surface area contributed by atoms with Gasteiger partial charge in [-0.2, -0.15) is 5.26 Å². The van der Waals surface area contributed by atoms with Gasteiger partial charge in [0.25, 0.3) is 0 Å². The fourth-order valence-electron chi connectivity index (χ4n) is 4.72. The number of ether oxygens (including phenoxy) is 1. The lowest BCUT2D eigenvalue weighted by Gasteiger charge is -2.29. The van der Waals surface area contributed by atoms with Crippen molar-refractivity contribution in [1.29, 1.82) is 5.26 Å². The van der Waals surface area contributed by atoms with Crippen LogP contribution in [0.5, 0.6) is 11.5 Å². The lowest BCUT2D eigenvalue weighted by Crippen LogP contribution is -2.32. The number of anilines is 1. The van der Waals surface area contributed by atoms with Crippen LogP contribution in [0.25, 0.3) is 10.9 Å². The van der Waals surface area contributed by atoms with Crippen LogP contribution in [0.2, 0.25) is 0 Å². The minimum atomic E-state index is -1.62. The van der Waals surface area contributed by atoms with Crippen LogP contribution in [0.1, 0.15) is 36.4 Å². The van der Waals surface area contributed by atoms with Crippen molar-refractivity contribution in [1.82, 2.24) is 19.5 Å². The van der Waals surface area contributed by atoms with Gasteiger partial charge >= 0.3 is 0 Å². The number of imidazole rings is 1. The summed E-state index contributed by atoms with van der Waals surface area (Å²) in [6.07, 6.45) is 4.90. The highest BCUT2D eigenvalue weighted by molar-refractivity contribution is 5.91. The van der Waals surface area contributed by atoms with Crippen LogP contribution in [0.15, 0.2) is 85.5 Å². The molecule has 0 aliphatic heterocycles. The van der Waals surface area contributed by atoms with Gasteiger partial charge in [-0.05, 0) is 55.8 Å². The maximum absolute atomic E-state index is 12.3. The highest BCUT2D eigenvalue weighted by Gasteiger charge is 2.38. The second-order valence-electron chi connectivity index (χ2n) is 8.89. The molecule has 0 saturated heterocycles. The van der Waals surface area contributed by atoms with Gasteiger partial charge in [-0.1, -0.05) is 30.3 Å². The number of aliphatic hydroxyl groups is 1. The van der Waals surface area contributed by atoms with Crippen molar-refractivity contribution in [3.05, 3.63) is 108 Å². The molecule has 8 heteroatoms. The number of pyridine rings is 2. The molecule has 0 bridgehead atoms. The molecule has 0 spiro atoms. The van der Waals surface area contributed by atoms with Crippen LogP contribution in [0.4, 0.5) is 5.82 Å². The normalized spacial score (nSPS) is 12.6. The predicted octanol–water partition coefficient (Wildman–Crippen LogP) is 5.16. The summed E-state index contributed by atoms with van der Waals surface area (Å²) in [6, 6.07) is 22.6. The summed E-state index contributed by atoms with van der Waals surface area (Å²) in [4.78, 5) is 15.7. The molecular weight excluding hydrogens is 476 g/mol. The molecule has 3 aromatic heterocycles. The molecule has 0 aliphatic rings. The third-order valence-electron chi connectivity index (χ3n) is 6.70. The quantitative estimate of drug-likeness (QED) is 0.312. The van der Waals surface area contributed by atoms with Crippen molar-refractivity contribution in [2.45, 2.75) is 19.4 Å². The largest absolute Gasteiger partial charge is 0.452 e. The van der Waals surface area contributed by atoms with E-state index in [1.807, 2.05) is 69.4 Å². The maximum atomic E-state index is 12.3. The van der Waals surface area contributed by atoms with Crippen LogP contribution in [0.3, 0.4) is 0 Å². The average Bonchev–Trinajstić information content (AvgIpc) is 3.40. The SMILES string of the molecule is CCN(CC)c1nc2ccc(C(O)(c3ccccn3)c3cncn3C)cc2c(C#N)c1Oc1ccccc1. The van der Waals surface area contributed by atoms with E-state index in [2.05, 4.69) is 20.9 Å². The fraction of sp³-hybridized carbons (Fsp3) is 0.200. The molecule has 0 fully saturated rings. The Bertz CT molecular complexity index is 1610. The van der Waals surface area contributed by atoms with Gasteiger partial charge in [-0.25, -0.2) is 9.97 Å². The third-order valence-corrected chi connectivity index (χ3v) is 6.70. The Morgan fingerprint density at radius 2 is 1.82 bits per heavy atom. The van der Waals surface area contributed by atoms with E-state index < -0.39 is 5.60 Å². The van der Waals surface area contributed by atoms with E-state index in [9.17, 15) is 10.4 Å². The van der Waals surface area contributed by atoms with Gasteiger partial charge in [0.15, 0.2) is 17.2 Å². The van der Waals surface area contributed by atoms with E-state index in [1.165, 1.54) is 0 Å². The number of rotatable bonds is 8. The molecule has 190 valence electrons. The zero-order valence-electron chi connectivity index (χ0n) is 21.5. The molecule has 0 saturated carbocycles. The fourth-order valence-corrected chi connectivity index (χ4v) is 4.72. The van der Waals surface area contributed by atoms with Gasteiger partial charge < -0.3 is 19.3 Å². The van der Waals surface area contributed by atoms with E-state index in [-0.39, 0.29) is 0 Å². The van der Waals surface area contributed by atoms with E-state index in [0.717, 1.165) is 0 Å². The molecule has 0 aliphatic carbocycles. The Morgan fingerprint density at radius 1 is 1.05 bits per heavy atom. The first-order chi connectivity index (χ1) is 18.5. The van der Waals surface area contributed by atoms with Gasteiger partial charge in [0.05, 0.1) is 29.4 Å². The number of hydrogen-bond donors (Lipinski definition) is 1. The highest BCUT2D eigenvalue weighted by Crippen LogP contribution is 2.41. The maximum Gasteiger partial charge on any atom is 0.188 e. The number of fused-ring (bicyclic) bond motifs is 1. The van der Waals surface area contributed by atoms with Crippen molar-refractivity contribution < 1.29 is 9.84 Å². The van der Waals surface area contributed by atoms with Crippen LogP contribution in [0, 0.1) is 11.3 Å². The van der Waals surface area contributed by atoms with E-state index >= 15 is 0 Å². The van der Waals surface area contributed by atoms with Crippen molar-refractivity contribution in [3.63, 3.8) is 0 Å². The Balaban J connectivity index is 1.79. The van der Waals surface area contributed by atoms with Crippen molar-refractivity contribution in [3.8, 4) is 17.6 Å². The monoisotopic (exact) mass is 504 g/mol. The Hall–Kier alpha value is -4.74. The molecular formula is C30H28N6O2. The number of nitrogens with zero attached hydrogens (tertiary/aromatic N) is 6. The van der Waals surface area contributed by atoms with Crippen LogP contribution in [-0.2, 0) is 12.6 Å². The highest BCUT2D eigenvalue weighted by atomic mass is 16.5. The number of nitriles is 1. The number of aromatic nitrogens is 4.